The predicted octanol–water partition coefficient (Wildman–Crippen LogP) is 2.37. The van der Waals surface area contributed by atoms with Crippen molar-refractivity contribution in [2.45, 2.75) is 25.9 Å². The molecule has 33 heavy (non-hydrogen) atoms. The van der Waals surface area contributed by atoms with Gasteiger partial charge in [0.25, 0.3) is 5.91 Å². The van der Waals surface area contributed by atoms with Crippen molar-refractivity contribution in [2.75, 3.05) is 25.5 Å². The molecule has 1 fully saturated rings. The molecule has 11 nitrogen and oxygen atoms in total. The van der Waals surface area contributed by atoms with Crippen LogP contribution in [0.15, 0.2) is 35.7 Å². The van der Waals surface area contributed by atoms with Crippen LogP contribution in [0.5, 0.6) is 5.88 Å². The molecule has 1 saturated heterocycles. The van der Waals surface area contributed by atoms with E-state index < -0.39 is 5.82 Å². The number of oxazole rings is 1. The van der Waals surface area contributed by atoms with E-state index in [9.17, 15) is 9.18 Å². The zero-order valence-corrected chi connectivity index (χ0v) is 18.0. The number of methoxy groups -OCH3 is 1. The number of rotatable bonds is 6. The number of amides is 1. The Morgan fingerprint density at radius 3 is 2.94 bits per heavy atom. The lowest BCUT2D eigenvalue weighted by atomic mass is 10.2. The topological polar surface area (TPSA) is 124 Å². The van der Waals surface area contributed by atoms with Gasteiger partial charge >= 0.3 is 0 Å². The summed E-state index contributed by atoms with van der Waals surface area (Å²) in [5, 5.41) is 3.39. The highest BCUT2D eigenvalue weighted by molar-refractivity contribution is 5.92. The lowest BCUT2D eigenvalue weighted by Crippen LogP contribution is -2.32. The fourth-order valence-corrected chi connectivity index (χ4v) is 4.00. The van der Waals surface area contributed by atoms with Crippen LogP contribution in [0.4, 0.5) is 10.2 Å². The van der Waals surface area contributed by atoms with Crippen molar-refractivity contribution in [3.05, 3.63) is 42.8 Å². The SMILES string of the molecule is CCn1c(-c2cnc(OC)c(F)c2)nc2c(N[C@H]3CCN(C(=O)c4cocn4)C3)ncnc21. The van der Waals surface area contributed by atoms with Crippen molar-refractivity contribution in [2.24, 2.45) is 0 Å². The molecule has 1 atom stereocenters. The number of aryl methyl sites for hydroxylation is 1. The van der Waals surface area contributed by atoms with E-state index in [0.717, 1.165) is 6.42 Å². The van der Waals surface area contributed by atoms with Crippen LogP contribution < -0.4 is 10.1 Å². The average Bonchev–Trinajstić information content (AvgIpc) is 3.58. The largest absolute Gasteiger partial charge is 0.479 e. The summed E-state index contributed by atoms with van der Waals surface area (Å²) in [6, 6.07) is 1.32. The van der Waals surface area contributed by atoms with Gasteiger partial charge in [-0.1, -0.05) is 0 Å². The van der Waals surface area contributed by atoms with E-state index in [4.69, 9.17) is 14.1 Å². The number of nitrogens with one attached hydrogen (secondary N) is 1. The quantitative estimate of drug-likeness (QED) is 0.469. The van der Waals surface area contributed by atoms with Gasteiger partial charge in [-0.15, -0.1) is 0 Å². The van der Waals surface area contributed by atoms with E-state index in [2.05, 4.69) is 25.3 Å². The molecule has 12 heteroatoms. The summed E-state index contributed by atoms with van der Waals surface area (Å²) < 4.78 is 26.0. The minimum atomic E-state index is -0.572. The first-order valence-electron chi connectivity index (χ1n) is 10.4. The molecule has 0 unspecified atom stereocenters. The number of carbonyl (C=O) groups excluding carboxylic acids is 1. The molecule has 0 spiro atoms. The van der Waals surface area contributed by atoms with Crippen LogP contribution >= 0.6 is 0 Å². The minimum Gasteiger partial charge on any atom is -0.479 e. The van der Waals surface area contributed by atoms with Crippen molar-refractivity contribution in [1.29, 1.82) is 0 Å². The van der Waals surface area contributed by atoms with Gasteiger partial charge < -0.3 is 23.9 Å². The second-order valence-corrected chi connectivity index (χ2v) is 7.54. The van der Waals surface area contributed by atoms with Gasteiger partial charge in [0.1, 0.15) is 18.4 Å². The van der Waals surface area contributed by atoms with Crippen LogP contribution in [0.25, 0.3) is 22.6 Å². The van der Waals surface area contributed by atoms with E-state index in [1.165, 1.54) is 38.4 Å². The highest BCUT2D eigenvalue weighted by atomic mass is 19.1. The van der Waals surface area contributed by atoms with Crippen LogP contribution in [0.1, 0.15) is 23.8 Å². The average molecular weight is 452 g/mol. The van der Waals surface area contributed by atoms with Crippen molar-refractivity contribution < 1.29 is 18.3 Å². The lowest BCUT2D eigenvalue weighted by molar-refractivity contribution is 0.0786. The van der Waals surface area contributed by atoms with Gasteiger partial charge in [0, 0.05) is 37.4 Å². The van der Waals surface area contributed by atoms with E-state index in [-0.39, 0.29) is 23.5 Å². The molecule has 1 N–H and O–H groups in total. The van der Waals surface area contributed by atoms with E-state index in [0.29, 0.717) is 48.0 Å². The number of hydrogen-bond acceptors (Lipinski definition) is 9. The molecular weight excluding hydrogens is 431 g/mol. The molecule has 4 aromatic heterocycles. The van der Waals surface area contributed by atoms with Crippen molar-refractivity contribution in [3.8, 4) is 17.3 Å². The maximum Gasteiger partial charge on any atom is 0.275 e. The molecule has 1 aliphatic heterocycles. The Bertz CT molecular complexity index is 1310. The Kier molecular flexibility index (Phi) is 5.32. The number of imidazole rings is 1. The molecule has 0 aliphatic carbocycles. The van der Waals surface area contributed by atoms with Gasteiger partial charge in [0.15, 0.2) is 34.9 Å². The molecule has 1 aliphatic rings. The Morgan fingerprint density at radius 2 is 2.21 bits per heavy atom. The summed E-state index contributed by atoms with van der Waals surface area (Å²) in [6.45, 7) is 3.60. The highest BCUT2D eigenvalue weighted by Gasteiger charge is 2.29. The summed E-state index contributed by atoms with van der Waals surface area (Å²) in [6.07, 6.45) is 6.29. The Balaban J connectivity index is 1.43. The number of nitrogens with zero attached hydrogens (tertiary/aromatic N) is 7. The molecule has 1 amide bonds. The number of fused-ring (bicyclic) bond motifs is 1. The van der Waals surface area contributed by atoms with E-state index in [1.54, 1.807) is 4.90 Å². The minimum absolute atomic E-state index is 0.0192. The fourth-order valence-electron chi connectivity index (χ4n) is 4.00. The fraction of sp³-hybridized carbons (Fsp3) is 0.333. The summed E-state index contributed by atoms with van der Waals surface area (Å²) in [5.41, 5.74) is 1.97. The molecular formula is C21H21FN8O3. The zero-order chi connectivity index (χ0) is 22.9. The summed E-state index contributed by atoms with van der Waals surface area (Å²) in [5.74, 6) is 0.255. The summed E-state index contributed by atoms with van der Waals surface area (Å²) in [7, 11) is 1.36. The predicted molar refractivity (Wildman–Crippen MR) is 115 cm³/mol. The number of halogens is 1. The Hall–Kier alpha value is -4.09. The number of hydrogen-bond donors (Lipinski definition) is 1. The van der Waals surface area contributed by atoms with Crippen molar-refractivity contribution in [3.63, 3.8) is 0 Å². The second-order valence-electron chi connectivity index (χ2n) is 7.54. The smallest absolute Gasteiger partial charge is 0.275 e. The van der Waals surface area contributed by atoms with Gasteiger partial charge in [0.05, 0.1) is 7.11 Å². The van der Waals surface area contributed by atoms with Crippen molar-refractivity contribution >= 4 is 22.9 Å². The standard InChI is InChI=1S/C21H21FN8O3/c1-3-30-18(12-6-14(22)20(32-2)23-7-12)28-16-17(24-10-25-19(16)30)27-13-4-5-29(8-13)21(31)15-9-33-11-26-15/h6-7,9-11,13H,3-5,8H2,1-2H3,(H,24,25,27)/t13-/m0/s1. The third-order valence-corrected chi connectivity index (χ3v) is 5.57. The number of ether oxygens (including phenoxy) is 1. The second kappa shape index (κ2) is 8.45. The summed E-state index contributed by atoms with van der Waals surface area (Å²) in [4.78, 5) is 35.7. The normalized spacial score (nSPS) is 15.8. The number of likely N-dealkylation sites (tertiary alicyclic amines) is 1. The highest BCUT2D eigenvalue weighted by Crippen LogP contribution is 2.29. The van der Waals surface area contributed by atoms with Crippen LogP contribution in [-0.2, 0) is 6.54 Å². The van der Waals surface area contributed by atoms with Gasteiger partial charge in [0.2, 0.25) is 5.88 Å². The van der Waals surface area contributed by atoms with Crippen LogP contribution in [0, 0.1) is 5.82 Å². The number of aromatic nitrogens is 6. The van der Waals surface area contributed by atoms with Gasteiger partial charge in [-0.05, 0) is 19.4 Å². The maximum atomic E-state index is 14.3. The first-order valence-corrected chi connectivity index (χ1v) is 10.4. The van der Waals surface area contributed by atoms with Gasteiger partial charge in [-0.2, -0.15) is 0 Å². The maximum absolute atomic E-state index is 14.3. The molecule has 0 aromatic carbocycles. The van der Waals surface area contributed by atoms with Crippen LogP contribution in [0.3, 0.4) is 0 Å². The first kappa shape index (κ1) is 20.8. The van der Waals surface area contributed by atoms with E-state index in [1.807, 2.05) is 11.5 Å². The number of pyridine rings is 1. The molecule has 170 valence electrons. The van der Waals surface area contributed by atoms with E-state index >= 15 is 0 Å². The van der Waals surface area contributed by atoms with Gasteiger partial charge in [-0.3, -0.25) is 4.79 Å². The number of carbonyl (C=O) groups is 1. The van der Waals surface area contributed by atoms with Crippen LogP contribution in [0.2, 0.25) is 0 Å². The van der Waals surface area contributed by atoms with Gasteiger partial charge in [-0.25, -0.2) is 29.3 Å². The number of anilines is 1. The molecule has 0 bridgehead atoms. The summed E-state index contributed by atoms with van der Waals surface area (Å²) >= 11 is 0. The van der Waals surface area contributed by atoms with Crippen LogP contribution in [-0.4, -0.2) is 66.5 Å². The molecule has 5 heterocycles. The zero-order valence-electron chi connectivity index (χ0n) is 18.0. The first-order chi connectivity index (χ1) is 16.1. The molecule has 0 saturated carbocycles. The Labute approximate surface area is 187 Å². The third-order valence-electron chi connectivity index (χ3n) is 5.57. The monoisotopic (exact) mass is 452 g/mol. The lowest BCUT2D eigenvalue weighted by Gasteiger charge is -2.16. The molecule has 4 aromatic rings. The third kappa shape index (κ3) is 3.73. The molecule has 5 rings (SSSR count). The molecule has 0 radical (unpaired) electrons. The van der Waals surface area contributed by atoms with Crippen molar-refractivity contribution in [1.82, 2.24) is 34.4 Å². The Morgan fingerprint density at radius 1 is 1.33 bits per heavy atom.